The third-order valence-electron chi connectivity index (χ3n) is 3.94. The molecule has 0 spiro atoms. The lowest BCUT2D eigenvalue weighted by Crippen LogP contribution is -2.10. The average Bonchev–Trinajstić information content (AvgIpc) is 2.71. The van der Waals surface area contributed by atoms with Crippen molar-refractivity contribution in [3.8, 4) is 0 Å². The monoisotopic (exact) mass is 373 g/mol. The fraction of sp³-hybridized carbons (Fsp3) is 0.0909. The number of hydrogen-bond donors (Lipinski definition) is 1. The second-order valence-electron chi connectivity index (χ2n) is 6.28. The Kier molecular flexibility index (Phi) is 5.91. The van der Waals surface area contributed by atoms with Crippen LogP contribution in [0.3, 0.4) is 0 Å². The third-order valence-corrected chi connectivity index (χ3v) is 3.94. The fourth-order valence-electron chi connectivity index (χ4n) is 2.39. The summed E-state index contributed by atoms with van der Waals surface area (Å²) in [6, 6.07) is 20.9. The molecule has 0 aromatic heterocycles. The molecule has 0 saturated heterocycles. The highest BCUT2D eigenvalue weighted by Gasteiger charge is 2.07. The molecule has 0 bridgehead atoms. The van der Waals surface area contributed by atoms with Crippen molar-refractivity contribution in [3.05, 3.63) is 95.1 Å². The Morgan fingerprint density at radius 3 is 2.21 bits per heavy atom. The van der Waals surface area contributed by atoms with E-state index in [1.54, 1.807) is 54.6 Å². The van der Waals surface area contributed by atoms with Crippen LogP contribution in [0.15, 0.2) is 83.0 Å². The highest BCUT2D eigenvalue weighted by molar-refractivity contribution is 5.94. The Morgan fingerprint density at radius 2 is 1.54 bits per heavy atom. The number of nitrogens with zero attached hydrogens (tertiary/aromatic N) is 2. The normalized spacial score (nSPS) is 10.6. The summed E-state index contributed by atoms with van der Waals surface area (Å²) in [6.45, 7) is 3.85. The van der Waals surface area contributed by atoms with Crippen molar-refractivity contribution in [2.24, 2.45) is 10.2 Å². The van der Waals surface area contributed by atoms with Gasteiger partial charge in [-0.3, -0.25) is 4.79 Å². The van der Waals surface area contributed by atoms with Crippen LogP contribution in [0.1, 0.15) is 31.8 Å². The summed E-state index contributed by atoms with van der Waals surface area (Å²) in [7, 11) is 0. The first kappa shape index (κ1) is 19.0. The van der Waals surface area contributed by atoms with Crippen LogP contribution >= 0.6 is 0 Å². The summed E-state index contributed by atoms with van der Waals surface area (Å²) in [4.78, 5) is 29.1. The number of carbonyl (C=O) groups is 2. The lowest BCUT2D eigenvalue weighted by molar-refractivity contribution is 0.0596. The van der Waals surface area contributed by atoms with Gasteiger partial charge in [0.1, 0.15) is 0 Å². The van der Waals surface area contributed by atoms with Crippen LogP contribution in [-0.2, 0) is 4.84 Å². The van der Waals surface area contributed by atoms with Crippen LogP contribution in [0, 0.1) is 13.8 Å². The number of hydrogen-bond acceptors (Lipinski definition) is 5. The number of aryl methyl sites for hydroxylation is 2. The van der Waals surface area contributed by atoms with E-state index in [0.29, 0.717) is 22.5 Å². The maximum absolute atomic E-state index is 12.0. The van der Waals surface area contributed by atoms with Crippen molar-refractivity contribution >= 4 is 23.3 Å². The highest BCUT2D eigenvalue weighted by atomic mass is 16.7. The Bertz CT molecular complexity index is 1010. The van der Waals surface area contributed by atoms with Crippen LogP contribution in [0.4, 0.5) is 11.4 Å². The van der Waals surface area contributed by atoms with E-state index >= 15 is 0 Å². The van der Waals surface area contributed by atoms with Gasteiger partial charge in [-0.1, -0.05) is 35.4 Å². The van der Waals surface area contributed by atoms with Crippen molar-refractivity contribution in [1.29, 1.82) is 0 Å². The predicted octanol–water partition coefficient (Wildman–Crippen LogP) is 5.41. The van der Waals surface area contributed by atoms with Gasteiger partial charge in [0.25, 0.3) is 5.91 Å². The molecule has 6 heteroatoms. The summed E-state index contributed by atoms with van der Waals surface area (Å²) in [5.74, 6) is -0.884. The minimum atomic E-state index is -0.479. The largest absolute Gasteiger partial charge is 0.362 e. The van der Waals surface area contributed by atoms with Crippen molar-refractivity contribution < 1.29 is 14.4 Å². The molecule has 0 radical (unpaired) electrons. The zero-order valence-corrected chi connectivity index (χ0v) is 15.5. The molecule has 1 amide bonds. The molecule has 3 aromatic rings. The summed E-state index contributed by atoms with van der Waals surface area (Å²) in [5, 5.41) is 7.68. The SMILES string of the molecule is Cc1ccc(C(=O)ONc2ccc(N=NC(=O)c3cccc(C)c3)cc2)cc1. The number of azo groups is 1. The Balaban J connectivity index is 1.56. The molecule has 0 unspecified atom stereocenters. The second-order valence-corrected chi connectivity index (χ2v) is 6.28. The molecule has 140 valence electrons. The molecule has 0 aliphatic heterocycles. The predicted molar refractivity (Wildman–Crippen MR) is 107 cm³/mol. The minimum Gasteiger partial charge on any atom is -0.338 e. The molecule has 3 rings (SSSR count). The van der Waals surface area contributed by atoms with Gasteiger partial charge in [0.15, 0.2) is 0 Å². The van der Waals surface area contributed by atoms with Crippen LogP contribution in [0.5, 0.6) is 0 Å². The summed E-state index contributed by atoms with van der Waals surface area (Å²) >= 11 is 0. The standard InChI is InChI=1S/C22H19N3O3/c1-15-6-8-17(9-7-15)22(27)28-25-20-12-10-19(11-13-20)23-24-21(26)18-5-3-4-16(2)14-18/h3-14,25H,1-2H3. The maximum atomic E-state index is 12.0. The third kappa shape index (κ3) is 5.11. The fourth-order valence-corrected chi connectivity index (χ4v) is 2.39. The average molecular weight is 373 g/mol. The van der Waals surface area contributed by atoms with E-state index in [0.717, 1.165) is 11.1 Å². The van der Waals surface area contributed by atoms with Gasteiger partial charge in [-0.05, 0) is 62.4 Å². The number of nitrogens with one attached hydrogen (secondary N) is 1. The van der Waals surface area contributed by atoms with E-state index in [1.807, 2.05) is 32.0 Å². The van der Waals surface area contributed by atoms with Crippen LogP contribution in [-0.4, -0.2) is 11.9 Å². The molecule has 0 saturated carbocycles. The van der Waals surface area contributed by atoms with E-state index in [9.17, 15) is 9.59 Å². The van der Waals surface area contributed by atoms with E-state index in [4.69, 9.17) is 4.84 Å². The molecular weight excluding hydrogens is 354 g/mol. The smallest absolute Gasteiger partial charge is 0.338 e. The van der Waals surface area contributed by atoms with Crippen molar-refractivity contribution in [1.82, 2.24) is 0 Å². The van der Waals surface area contributed by atoms with Gasteiger partial charge in [0, 0.05) is 5.56 Å². The molecule has 0 aliphatic rings. The van der Waals surface area contributed by atoms with E-state index in [2.05, 4.69) is 15.7 Å². The Morgan fingerprint density at radius 1 is 0.821 bits per heavy atom. The van der Waals surface area contributed by atoms with Gasteiger partial charge in [0.2, 0.25) is 0 Å². The van der Waals surface area contributed by atoms with Gasteiger partial charge >= 0.3 is 5.97 Å². The summed E-state index contributed by atoms with van der Waals surface area (Å²) in [5.41, 5.74) is 6.67. The lowest BCUT2D eigenvalue weighted by atomic mass is 10.1. The van der Waals surface area contributed by atoms with Crippen molar-refractivity contribution in [2.75, 3.05) is 5.48 Å². The molecule has 3 aromatic carbocycles. The molecule has 0 heterocycles. The minimum absolute atomic E-state index is 0.405. The molecular formula is C22H19N3O3. The molecule has 1 N–H and O–H groups in total. The quantitative estimate of drug-likeness (QED) is 0.479. The summed E-state index contributed by atoms with van der Waals surface area (Å²) in [6.07, 6.45) is 0. The first-order valence-corrected chi connectivity index (χ1v) is 8.68. The summed E-state index contributed by atoms with van der Waals surface area (Å²) < 4.78 is 0. The number of amides is 1. The van der Waals surface area contributed by atoms with E-state index < -0.39 is 11.9 Å². The van der Waals surface area contributed by atoms with Gasteiger partial charge in [-0.2, -0.15) is 0 Å². The maximum Gasteiger partial charge on any atom is 0.362 e. The Labute approximate surface area is 162 Å². The molecule has 28 heavy (non-hydrogen) atoms. The van der Waals surface area contributed by atoms with Crippen molar-refractivity contribution in [2.45, 2.75) is 13.8 Å². The van der Waals surface area contributed by atoms with Gasteiger partial charge in [0.05, 0.1) is 16.9 Å². The van der Waals surface area contributed by atoms with Crippen molar-refractivity contribution in [3.63, 3.8) is 0 Å². The lowest BCUT2D eigenvalue weighted by Gasteiger charge is -2.07. The van der Waals surface area contributed by atoms with Crippen LogP contribution in [0.25, 0.3) is 0 Å². The topological polar surface area (TPSA) is 80.1 Å². The Hall–Kier alpha value is -3.80. The molecule has 0 aliphatic carbocycles. The van der Waals surface area contributed by atoms with Gasteiger partial charge < -0.3 is 4.84 Å². The van der Waals surface area contributed by atoms with Gasteiger partial charge in [-0.25, -0.2) is 10.3 Å². The second kappa shape index (κ2) is 8.73. The highest BCUT2D eigenvalue weighted by Crippen LogP contribution is 2.18. The molecule has 6 nitrogen and oxygen atoms in total. The zero-order valence-electron chi connectivity index (χ0n) is 15.5. The van der Waals surface area contributed by atoms with Crippen LogP contribution in [0.2, 0.25) is 0 Å². The van der Waals surface area contributed by atoms with Crippen LogP contribution < -0.4 is 5.48 Å². The van der Waals surface area contributed by atoms with Gasteiger partial charge in [-0.15, -0.1) is 10.2 Å². The first-order chi connectivity index (χ1) is 13.5. The molecule has 0 fully saturated rings. The van der Waals surface area contributed by atoms with E-state index in [1.165, 1.54) is 0 Å². The molecule has 0 atom stereocenters. The first-order valence-electron chi connectivity index (χ1n) is 8.68. The number of anilines is 1. The number of benzene rings is 3. The number of carbonyl (C=O) groups excluding carboxylic acids is 2. The number of rotatable bonds is 5. The van der Waals surface area contributed by atoms with E-state index in [-0.39, 0.29) is 0 Å². The zero-order chi connectivity index (χ0) is 19.9.